The van der Waals surface area contributed by atoms with Crippen LogP contribution in [0.2, 0.25) is 0 Å². The van der Waals surface area contributed by atoms with Gasteiger partial charge in [0.1, 0.15) is 18.1 Å². The molecule has 9 nitrogen and oxygen atoms in total. The highest BCUT2D eigenvalue weighted by Gasteiger charge is 2.24. The van der Waals surface area contributed by atoms with Crippen molar-refractivity contribution in [1.82, 2.24) is 14.7 Å². The Bertz CT molecular complexity index is 1320. The largest absolute Gasteiger partial charge is 0.493 e. The number of ether oxygens (including phenoxy) is 2. The molecule has 0 radical (unpaired) electrons. The fourth-order valence-corrected chi connectivity index (χ4v) is 5.22. The van der Waals surface area contributed by atoms with Crippen LogP contribution >= 0.6 is 0 Å². The lowest BCUT2D eigenvalue weighted by Gasteiger charge is -2.31. The van der Waals surface area contributed by atoms with Crippen molar-refractivity contribution in [2.75, 3.05) is 58.8 Å². The minimum atomic E-state index is -0.275. The molecule has 42 heavy (non-hydrogen) atoms. The van der Waals surface area contributed by atoms with Crippen LogP contribution in [0.3, 0.4) is 0 Å². The summed E-state index contributed by atoms with van der Waals surface area (Å²) in [5, 5.41) is 3.03. The summed E-state index contributed by atoms with van der Waals surface area (Å²) in [6, 6.07) is 17.0. The van der Waals surface area contributed by atoms with Crippen molar-refractivity contribution in [3.8, 4) is 11.5 Å². The molecule has 0 spiro atoms. The molecule has 3 aromatic rings. The van der Waals surface area contributed by atoms with Crippen molar-refractivity contribution in [3.63, 3.8) is 0 Å². The van der Waals surface area contributed by atoms with Gasteiger partial charge in [-0.2, -0.15) is 0 Å². The molecule has 4 rings (SSSR count). The summed E-state index contributed by atoms with van der Waals surface area (Å²) in [4.78, 5) is 33.2. The Balaban J connectivity index is 1.50. The molecule has 1 aromatic heterocycles. The van der Waals surface area contributed by atoms with Gasteiger partial charge in [-0.25, -0.2) is 4.79 Å². The second-order valence-corrected chi connectivity index (χ2v) is 10.8. The Morgan fingerprint density at radius 3 is 2.36 bits per heavy atom. The van der Waals surface area contributed by atoms with Gasteiger partial charge in [-0.3, -0.25) is 4.79 Å². The Kier molecular flexibility index (Phi) is 11.3. The molecule has 0 atom stereocenters. The number of benzene rings is 2. The van der Waals surface area contributed by atoms with Crippen LogP contribution in [0.5, 0.6) is 11.5 Å². The van der Waals surface area contributed by atoms with Gasteiger partial charge in [-0.15, -0.1) is 0 Å². The van der Waals surface area contributed by atoms with E-state index in [0.29, 0.717) is 43.3 Å². The molecule has 9 heteroatoms. The summed E-state index contributed by atoms with van der Waals surface area (Å²) >= 11 is 0. The molecule has 1 aliphatic heterocycles. The summed E-state index contributed by atoms with van der Waals surface area (Å²) in [5.41, 5.74) is 2.73. The summed E-state index contributed by atoms with van der Waals surface area (Å²) in [7, 11) is 3.22. The van der Waals surface area contributed by atoms with E-state index in [4.69, 9.17) is 13.9 Å². The average molecular weight is 577 g/mol. The van der Waals surface area contributed by atoms with E-state index in [1.807, 2.05) is 68.4 Å². The fraction of sp³-hybridized carbons (Fsp3) is 0.455. The van der Waals surface area contributed by atoms with E-state index in [-0.39, 0.29) is 18.5 Å². The normalized spacial score (nSPS) is 13.4. The Hall–Kier alpha value is -3.98. The smallest absolute Gasteiger partial charge is 0.322 e. The number of carbonyl (C=O) groups is 2. The van der Waals surface area contributed by atoms with Gasteiger partial charge in [0.15, 0.2) is 11.5 Å². The molecule has 1 saturated heterocycles. The topological polar surface area (TPSA) is 87.5 Å². The Labute approximate surface area is 249 Å². The van der Waals surface area contributed by atoms with Crippen molar-refractivity contribution in [1.29, 1.82) is 0 Å². The number of likely N-dealkylation sites (tertiary alicyclic amines) is 1. The quantitative estimate of drug-likeness (QED) is 0.289. The first-order valence-electron chi connectivity index (χ1n) is 14.7. The molecule has 0 aliphatic carbocycles. The summed E-state index contributed by atoms with van der Waals surface area (Å²) in [6.07, 6.45) is 4.18. The molecule has 0 bridgehead atoms. The van der Waals surface area contributed by atoms with Gasteiger partial charge < -0.3 is 33.9 Å². The van der Waals surface area contributed by atoms with E-state index < -0.39 is 0 Å². The molecule has 3 amide bonds. The lowest BCUT2D eigenvalue weighted by atomic mass is 10.1. The predicted molar refractivity (Wildman–Crippen MR) is 164 cm³/mol. The average Bonchev–Trinajstić information content (AvgIpc) is 3.42. The number of nitrogens with one attached hydrogen (secondary N) is 1. The summed E-state index contributed by atoms with van der Waals surface area (Å²) in [6.45, 7) is 7.83. The number of methoxy groups -OCH3 is 2. The van der Waals surface area contributed by atoms with Crippen LogP contribution < -0.4 is 14.8 Å². The molecule has 226 valence electrons. The summed E-state index contributed by atoms with van der Waals surface area (Å²) < 4.78 is 16.7. The number of aryl methyl sites for hydroxylation is 2. The van der Waals surface area contributed by atoms with Crippen molar-refractivity contribution in [2.45, 2.75) is 46.1 Å². The number of urea groups is 1. The van der Waals surface area contributed by atoms with Crippen LogP contribution in [-0.4, -0.2) is 80.1 Å². The lowest BCUT2D eigenvalue weighted by molar-refractivity contribution is -0.132. The van der Waals surface area contributed by atoms with Gasteiger partial charge in [0, 0.05) is 25.3 Å². The third kappa shape index (κ3) is 8.76. The van der Waals surface area contributed by atoms with Crippen LogP contribution in [0.25, 0.3) is 0 Å². The minimum Gasteiger partial charge on any atom is -0.493 e. The lowest BCUT2D eigenvalue weighted by Crippen LogP contribution is -2.47. The number of rotatable bonds is 13. The highest BCUT2D eigenvalue weighted by atomic mass is 16.5. The molecule has 0 unspecified atom stereocenters. The van der Waals surface area contributed by atoms with Crippen molar-refractivity contribution in [2.24, 2.45) is 0 Å². The molecular weight excluding hydrogens is 532 g/mol. The number of carbonyl (C=O) groups excluding carboxylic acids is 2. The number of amides is 3. The third-order valence-corrected chi connectivity index (χ3v) is 7.75. The number of para-hydroxylation sites is 1. The van der Waals surface area contributed by atoms with E-state index in [0.717, 1.165) is 42.2 Å². The van der Waals surface area contributed by atoms with Crippen molar-refractivity contribution in [3.05, 3.63) is 77.2 Å². The van der Waals surface area contributed by atoms with E-state index in [1.165, 1.54) is 19.3 Å². The zero-order chi connectivity index (χ0) is 29.9. The van der Waals surface area contributed by atoms with Gasteiger partial charge in [0.2, 0.25) is 5.91 Å². The number of anilines is 1. The van der Waals surface area contributed by atoms with Gasteiger partial charge in [-0.1, -0.05) is 30.7 Å². The fourth-order valence-electron chi connectivity index (χ4n) is 5.22. The van der Waals surface area contributed by atoms with Gasteiger partial charge in [0.25, 0.3) is 0 Å². The first kappa shape index (κ1) is 31.0. The predicted octanol–water partition coefficient (Wildman–Crippen LogP) is 5.50. The van der Waals surface area contributed by atoms with Crippen LogP contribution in [-0.2, 0) is 17.8 Å². The first-order chi connectivity index (χ1) is 20.4. The van der Waals surface area contributed by atoms with E-state index >= 15 is 0 Å². The Morgan fingerprint density at radius 1 is 0.905 bits per heavy atom. The zero-order valence-electron chi connectivity index (χ0n) is 25.4. The monoisotopic (exact) mass is 576 g/mol. The number of piperidine rings is 1. The second kappa shape index (κ2) is 15.3. The van der Waals surface area contributed by atoms with E-state index in [2.05, 4.69) is 10.2 Å². The molecule has 1 N–H and O–H groups in total. The number of hydrogen-bond donors (Lipinski definition) is 1. The SMILES string of the molecule is COc1ccc(CCN(Cc2ccc(C)o2)C(=O)CN(CCN2CCCCC2)C(=O)Nc2ccccc2C)cc1OC. The second-order valence-electron chi connectivity index (χ2n) is 10.8. The maximum absolute atomic E-state index is 13.9. The highest BCUT2D eigenvalue weighted by Crippen LogP contribution is 2.28. The molecule has 2 aromatic carbocycles. The number of hydrogen-bond acceptors (Lipinski definition) is 6. The van der Waals surface area contributed by atoms with Gasteiger partial charge in [0.05, 0.1) is 20.8 Å². The van der Waals surface area contributed by atoms with Crippen LogP contribution in [0.1, 0.15) is 41.9 Å². The van der Waals surface area contributed by atoms with Crippen LogP contribution in [0, 0.1) is 13.8 Å². The number of nitrogens with zero attached hydrogens (tertiary/aromatic N) is 3. The standard InChI is InChI=1S/C33H44N4O5/c1-25-10-6-7-11-29(25)34-33(39)37(21-20-35-17-8-5-9-18-35)24-32(38)36(23-28-14-12-26(2)42-28)19-16-27-13-15-30(40-3)31(22-27)41-4/h6-7,10-15,22H,5,8-9,16-21,23-24H2,1-4H3,(H,34,39). The van der Waals surface area contributed by atoms with E-state index in [9.17, 15) is 9.59 Å². The van der Waals surface area contributed by atoms with Crippen LogP contribution in [0.15, 0.2) is 59.0 Å². The molecule has 1 aliphatic rings. The van der Waals surface area contributed by atoms with E-state index in [1.54, 1.807) is 24.0 Å². The van der Waals surface area contributed by atoms with Crippen LogP contribution in [0.4, 0.5) is 10.5 Å². The maximum Gasteiger partial charge on any atom is 0.322 e. The molecule has 2 heterocycles. The maximum atomic E-state index is 13.9. The highest BCUT2D eigenvalue weighted by molar-refractivity contribution is 5.93. The summed E-state index contributed by atoms with van der Waals surface area (Å²) in [5.74, 6) is 2.66. The molecule has 1 fully saturated rings. The zero-order valence-corrected chi connectivity index (χ0v) is 25.4. The Morgan fingerprint density at radius 2 is 1.67 bits per heavy atom. The van der Waals surface area contributed by atoms with Gasteiger partial charge >= 0.3 is 6.03 Å². The first-order valence-corrected chi connectivity index (χ1v) is 14.7. The minimum absolute atomic E-state index is 0.0306. The van der Waals surface area contributed by atoms with Crippen molar-refractivity contribution < 1.29 is 23.5 Å². The number of furan rings is 1. The van der Waals surface area contributed by atoms with Crippen molar-refractivity contribution >= 4 is 17.6 Å². The van der Waals surface area contributed by atoms with Gasteiger partial charge in [-0.05, 0) is 87.7 Å². The molecule has 0 saturated carbocycles. The third-order valence-electron chi connectivity index (χ3n) is 7.75. The molecular formula is C33H44N4O5.